The molecule has 4 bridgehead atoms. The van der Waals surface area contributed by atoms with E-state index in [0.29, 0.717) is 25.5 Å². The molecule has 6 heteroatoms. The number of nitrogens with one attached hydrogen (secondary N) is 2. The highest BCUT2D eigenvalue weighted by atomic mass is 16.5. The lowest BCUT2D eigenvalue weighted by atomic mass is 9.49. The second kappa shape index (κ2) is 8.40. The number of anilines is 1. The maximum absolute atomic E-state index is 13.1. The molecule has 0 spiro atoms. The van der Waals surface area contributed by atoms with Gasteiger partial charge in [-0.25, -0.2) is 4.98 Å². The number of aliphatic hydroxyl groups is 1. The SMILES string of the molecule is CC(O)NCCOc1ccc2c(NC(=O)CC34CC5CC(CC(C5)C3)C4)cccc2n1. The van der Waals surface area contributed by atoms with Crippen molar-refractivity contribution >= 4 is 22.5 Å². The van der Waals surface area contributed by atoms with Gasteiger partial charge in [-0.05, 0) is 86.8 Å². The lowest BCUT2D eigenvalue weighted by Gasteiger charge is -2.56. The van der Waals surface area contributed by atoms with Crippen molar-refractivity contribution in [3.8, 4) is 5.88 Å². The number of hydrogen-bond donors (Lipinski definition) is 3. The largest absolute Gasteiger partial charge is 0.476 e. The molecule has 6 rings (SSSR count). The molecule has 2 aromatic rings. The second-order valence-corrected chi connectivity index (χ2v) is 10.1. The van der Waals surface area contributed by atoms with E-state index in [2.05, 4.69) is 15.6 Å². The summed E-state index contributed by atoms with van der Waals surface area (Å²) >= 11 is 0. The standard InChI is InChI=1S/C25H33N3O3/c1-16(29)26-7-8-31-24-6-5-20-21(3-2-4-22(20)28-24)27-23(30)15-25-12-17-9-18(13-25)11-19(10-17)14-25/h2-6,16-19,26,29H,7-15H2,1H3,(H,27,30). The molecule has 0 aliphatic heterocycles. The van der Waals surface area contributed by atoms with Crippen molar-refractivity contribution in [3.63, 3.8) is 0 Å². The van der Waals surface area contributed by atoms with Gasteiger partial charge in [-0.3, -0.25) is 10.1 Å². The Balaban J connectivity index is 1.24. The van der Waals surface area contributed by atoms with E-state index in [9.17, 15) is 9.90 Å². The number of aliphatic hydroxyl groups excluding tert-OH is 1. The summed E-state index contributed by atoms with van der Waals surface area (Å²) in [6.07, 6.45) is 8.02. The zero-order valence-corrected chi connectivity index (χ0v) is 18.3. The van der Waals surface area contributed by atoms with E-state index in [0.717, 1.165) is 34.3 Å². The fourth-order valence-electron chi connectivity index (χ4n) is 6.79. The van der Waals surface area contributed by atoms with Crippen LogP contribution in [-0.4, -0.2) is 35.4 Å². The van der Waals surface area contributed by atoms with Crippen LogP contribution >= 0.6 is 0 Å². The average Bonchev–Trinajstić information content (AvgIpc) is 2.69. The van der Waals surface area contributed by atoms with E-state index in [-0.39, 0.29) is 11.3 Å². The Kier molecular flexibility index (Phi) is 5.61. The van der Waals surface area contributed by atoms with Gasteiger partial charge in [0, 0.05) is 24.4 Å². The summed E-state index contributed by atoms with van der Waals surface area (Å²) in [5.41, 5.74) is 1.86. The molecule has 1 aromatic carbocycles. The van der Waals surface area contributed by atoms with E-state index in [4.69, 9.17) is 4.74 Å². The minimum Gasteiger partial charge on any atom is -0.476 e. The van der Waals surface area contributed by atoms with Crippen molar-refractivity contribution in [1.82, 2.24) is 10.3 Å². The number of nitrogens with zero attached hydrogens (tertiary/aromatic N) is 1. The molecule has 0 saturated heterocycles. The fraction of sp³-hybridized carbons (Fsp3) is 0.600. The van der Waals surface area contributed by atoms with Gasteiger partial charge in [-0.2, -0.15) is 0 Å². The van der Waals surface area contributed by atoms with Crippen molar-refractivity contribution < 1.29 is 14.6 Å². The van der Waals surface area contributed by atoms with E-state index >= 15 is 0 Å². The van der Waals surface area contributed by atoms with E-state index in [1.54, 1.807) is 6.92 Å². The van der Waals surface area contributed by atoms with Crippen molar-refractivity contribution in [2.75, 3.05) is 18.5 Å². The van der Waals surface area contributed by atoms with Crippen LogP contribution in [-0.2, 0) is 4.79 Å². The van der Waals surface area contributed by atoms with Crippen LogP contribution in [0.3, 0.4) is 0 Å². The summed E-state index contributed by atoms with van der Waals surface area (Å²) in [5, 5.41) is 16.2. The molecule has 4 saturated carbocycles. The molecule has 4 fully saturated rings. The van der Waals surface area contributed by atoms with Gasteiger partial charge in [0.05, 0.1) is 11.2 Å². The minimum absolute atomic E-state index is 0.138. The third-order valence-corrected chi connectivity index (χ3v) is 7.47. The van der Waals surface area contributed by atoms with Crippen LogP contribution in [0.15, 0.2) is 30.3 Å². The summed E-state index contributed by atoms with van der Waals surface area (Å²) in [7, 11) is 0. The van der Waals surface area contributed by atoms with E-state index in [1.807, 2.05) is 30.3 Å². The first-order valence-electron chi connectivity index (χ1n) is 11.7. The Labute approximate surface area is 183 Å². The Morgan fingerprint density at radius 2 is 1.87 bits per heavy atom. The number of aromatic nitrogens is 1. The number of pyridine rings is 1. The number of carbonyl (C=O) groups is 1. The van der Waals surface area contributed by atoms with Gasteiger partial charge in [0.15, 0.2) is 0 Å². The molecule has 6 nitrogen and oxygen atoms in total. The number of benzene rings is 1. The number of rotatable bonds is 8. The zero-order chi connectivity index (χ0) is 21.4. The lowest BCUT2D eigenvalue weighted by molar-refractivity contribution is -0.124. The molecule has 166 valence electrons. The van der Waals surface area contributed by atoms with Crippen LogP contribution in [0.2, 0.25) is 0 Å². The number of fused-ring (bicyclic) bond motifs is 1. The molecular formula is C25H33N3O3. The third-order valence-electron chi connectivity index (χ3n) is 7.47. The Morgan fingerprint density at radius 1 is 1.16 bits per heavy atom. The van der Waals surface area contributed by atoms with E-state index < -0.39 is 6.23 Å². The van der Waals surface area contributed by atoms with Gasteiger partial charge >= 0.3 is 0 Å². The average molecular weight is 424 g/mol. The molecule has 1 unspecified atom stereocenters. The first-order chi connectivity index (χ1) is 15.0. The quantitative estimate of drug-likeness (QED) is 0.440. The highest BCUT2D eigenvalue weighted by Crippen LogP contribution is 2.61. The van der Waals surface area contributed by atoms with Crippen molar-refractivity contribution in [2.45, 2.75) is 58.1 Å². The summed E-state index contributed by atoms with van der Waals surface area (Å²) in [5.74, 6) is 3.25. The van der Waals surface area contributed by atoms with Crippen LogP contribution < -0.4 is 15.4 Å². The predicted octanol–water partition coefficient (Wildman–Crippen LogP) is 4.09. The molecule has 4 aliphatic rings. The Bertz CT molecular complexity index is 923. The minimum atomic E-state index is -0.558. The van der Waals surface area contributed by atoms with Crippen LogP contribution in [0.5, 0.6) is 5.88 Å². The third kappa shape index (κ3) is 4.55. The highest BCUT2D eigenvalue weighted by molar-refractivity contribution is 6.01. The first-order valence-corrected chi connectivity index (χ1v) is 11.7. The second-order valence-electron chi connectivity index (χ2n) is 10.1. The summed E-state index contributed by atoms with van der Waals surface area (Å²) < 4.78 is 5.67. The van der Waals surface area contributed by atoms with Gasteiger partial charge in [-0.1, -0.05) is 6.07 Å². The maximum Gasteiger partial charge on any atom is 0.224 e. The van der Waals surface area contributed by atoms with Crippen LogP contribution in [0.25, 0.3) is 10.9 Å². The van der Waals surface area contributed by atoms with Gasteiger partial charge in [0.1, 0.15) is 12.8 Å². The summed E-state index contributed by atoms with van der Waals surface area (Å²) in [4.78, 5) is 17.6. The highest BCUT2D eigenvalue weighted by Gasteiger charge is 2.51. The molecule has 4 aliphatic carbocycles. The summed E-state index contributed by atoms with van der Waals surface area (Å²) in [6.45, 7) is 2.63. The molecule has 1 atom stereocenters. The molecular weight excluding hydrogens is 390 g/mol. The number of amides is 1. The van der Waals surface area contributed by atoms with Gasteiger partial charge < -0.3 is 15.2 Å². The smallest absolute Gasteiger partial charge is 0.224 e. The Hall–Kier alpha value is -2.18. The maximum atomic E-state index is 13.1. The topological polar surface area (TPSA) is 83.5 Å². The normalized spacial score (nSPS) is 29.8. The fourth-order valence-corrected chi connectivity index (χ4v) is 6.79. The number of ether oxygens (including phenoxy) is 1. The Morgan fingerprint density at radius 3 is 2.55 bits per heavy atom. The molecule has 1 aromatic heterocycles. The molecule has 1 heterocycles. The van der Waals surface area contributed by atoms with E-state index in [1.165, 1.54) is 38.5 Å². The molecule has 31 heavy (non-hydrogen) atoms. The van der Waals surface area contributed by atoms with Gasteiger partial charge in [0.2, 0.25) is 11.8 Å². The monoisotopic (exact) mass is 423 g/mol. The lowest BCUT2D eigenvalue weighted by Crippen LogP contribution is -2.47. The van der Waals surface area contributed by atoms with Crippen molar-refractivity contribution in [3.05, 3.63) is 30.3 Å². The zero-order valence-electron chi connectivity index (χ0n) is 18.3. The van der Waals surface area contributed by atoms with Crippen LogP contribution in [0.4, 0.5) is 5.69 Å². The van der Waals surface area contributed by atoms with Crippen molar-refractivity contribution in [2.24, 2.45) is 23.2 Å². The number of carbonyl (C=O) groups excluding carboxylic acids is 1. The molecule has 0 radical (unpaired) electrons. The van der Waals surface area contributed by atoms with Gasteiger partial charge in [0.25, 0.3) is 0 Å². The first kappa shape index (κ1) is 20.7. The van der Waals surface area contributed by atoms with Gasteiger partial charge in [-0.15, -0.1) is 0 Å². The van der Waals surface area contributed by atoms with Crippen molar-refractivity contribution in [1.29, 1.82) is 0 Å². The molecule has 1 amide bonds. The van der Waals surface area contributed by atoms with Crippen LogP contribution in [0.1, 0.15) is 51.9 Å². The summed E-state index contributed by atoms with van der Waals surface area (Å²) in [6, 6.07) is 9.60. The number of hydrogen-bond acceptors (Lipinski definition) is 5. The van der Waals surface area contributed by atoms with Crippen LogP contribution in [0, 0.1) is 23.2 Å². The molecule has 3 N–H and O–H groups in total. The predicted molar refractivity (Wildman–Crippen MR) is 121 cm³/mol.